The summed E-state index contributed by atoms with van der Waals surface area (Å²) >= 11 is 0. The van der Waals surface area contributed by atoms with Gasteiger partial charge in [-0.05, 0) is 38.3 Å². The summed E-state index contributed by atoms with van der Waals surface area (Å²) in [5.74, 6) is 0.124. The zero-order chi connectivity index (χ0) is 17.8. The van der Waals surface area contributed by atoms with E-state index in [0.717, 1.165) is 29.4 Å². The Morgan fingerprint density at radius 3 is 2.88 bits per heavy atom. The molecule has 3 rings (SSSR count). The van der Waals surface area contributed by atoms with Gasteiger partial charge in [-0.2, -0.15) is 5.10 Å². The van der Waals surface area contributed by atoms with Crippen molar-refractivity contribution >= 4 is 16.9 Å². The molecule has 1 aliphatic rings. The topological polar surface area (TPSA) is 55.1 Å². The first kappa shape index (κ1) is 17.3. The summed E-state index contributed by atoms with van der Waals surface area (Å²) in [4.78, 5) is 8.53. The Bertz CT molecular complexity index is 827. The first-order chi connectivity index (χ1) is 12.0. The minimum absolute atomic E-state index is 0.297. The maximum atomic E-state index is 14.3. The fourth-order valence-corrected chi connectivity index (χ4v) is 3.11. The highest BCUT2D eigenvalue weighted by atomic mass is 19.1. The summed E-state index contributed by atoms with van der Waals surface area (Å²) in [6.07, 6.45) is 10.4. The molecule has 25 heavy (non-hydrogen) atoms. The fourth-order valence-electron chi connectivity index (χ4n) is 3.11. The predicted molar refractivity (Wildman–Crippen MR) is 99.1 cm³/mol. The molecule has 0 radical (unpaired) electrons. The number of halogens is 1. The molecular weight excluding hydrogens is 317 g/mol. The number of hydrogen-bond donors (Lipinski definition) is 1. The Balaban J connectivity index is 1.73. The lowest BCUT2D eigenvalue weighted by Crippen LogP contribution is -2.30. The molecule has 2 heterocycles. The van der Waals surface area contributed by atoms with E-state index >= 15 is 0 Å². The normalized spacial score (nSPS) is 17.1. The number of aromatic nitrogens is 3. The number of fused-ring (bicyclic) bond motifs is 1. The van der Waals surface area contributed by atoms with Crippen molar-refractivity contribution in [2.75, 3.05) is 0 Å². The minimum atomic E-state index is -0.448. The van der Waals surface area contributed by atoms with Crippen LogP contribution in [-0.2, 0) is 0 Å². The number of aryl methyl sites for hydroxylation is 1. The minimum Gasteiger partial charge on any atom is -0.380 e. The average molecular weight is 341 g/mol. The molecule has 5 nitrogen and oxygen atoms in total. The Morgan fingerprint density at radius 1 is 1.36 bits per heavy atom. The van der Waals surface area contributed by atoms with E-state index in [9.17, 15) is 4.39 Å². The maximum Gasteiger partial charge on any atom is 0.163 e. The molecule has 0 aliphatic heterocycles. The summed E-state index contributed by atoms with van der Waals surface area (Å²) in [5.41, 5.74) is 2.97. The summed E-state index contributed by atoms with van der Waals surface area (Å²) in [6.45, 7) is 7.55. The van der Waals surface area contributed by atoms with Gasteiger partial charge in [0.25, 0.3) is 0 Å². The number of allylic oxidation sites excluding steroid dienone is 1. The highest BCUT2D eigenvalue weighted by Gasteiger charge is 2.14. The lowest BCUT2D eigenvalue weighted by molar-refractivity contribution is 0.393. The molecule has 0 bridgehead atoms. The molecule has 0 saturated heterocycles. The van der Waals surface area contributed by atoms with Gasteiger partial charge >= 0.3 is 0 Å². The van der Waals surface area contributed by atoms with Crippen molar-refractivity contribution in [2.45, 2.75) is 52.0 Å². The number of pyridine rings is 1. The lowest BCUT2D eigenvalue weighted by Gasteiger charge is -2.24. The highest BCUT2D eigenvalue weighted by molar-refractivity contribution is 5.91. The van der Waals surface area contributed by atoms with E-state index in [4.69, 9.17) is 0 Å². The van der Waals surface area contributed by atoms with E-state index in [2.05, 4.69) is 27.0 Å². The van der Waals surface area contributed by atoms with Crippen molar-refractivity contribution in [3.8, 4) is 0 Å². The van der Waals surface area contributed by atoms with E-state index in [-0.39, 0.29) is 0 Å². The summed E-state index contributed by atoms with van der Waals surface area (Å²) < 4.78 is 15.9. The van der Waals surface area contributed by atoms with Crippen LogP contribution in [0, 0.1) is 6.92 Å². The number of hydrogen-bond acceptors (Lipinski definition) is 4. The molecule has 1 saturated carbocycles. The number of aliphatic imine (C=N–C) groups is 1. The quantitative estimate of drug-likeness (QED) is 0.514. The Labute approximate surface area is 147 Å². The summed E-state index contributed by atoms with van der Waals surface area (Å²) in [7, 11) is 0. The second-order valence-corrected chi connectivity index (χ2v) is 6.58. The SMILES string of the molecule is C=C(NC1CCCCC1)/C(F)=C\N=C(C)n1ncc2ncc(C)cc21. The van der Waals surface area contributed by atoms with Crippen LogP contribution in [0.5, 0.6) is 0 Å². The maximum absolute atomic E-state index is 14.3. The smallest absolute Gasteiger partial charge is 0.163 e. The summed E-state index contributed by atoms with van der Waals surface area (Å²) in [6, 6.07) is 2.30. The molecule has 0 amide bonds. The largest absolute Gasteiger partial charge is 0.380 e. The van der Waals surface area contributed by atoms with Crippen LogP contribution >= 0.6 is 0 Å². The van der Waals surface area contributed by atoms with Crippen LogP contribution < -0.4 is 5.32 Å². The second kappa shape index (κ2) is 7.59. The van der Waals surface area contributed by atoms with E-state index in [0.29, 0.717) is 17.6 Å². The standard InChI is InChI=1S/C19H24FN5/c1-13-9-19-18(22-10-13)12-23-25(19)15(3)21-11-17(20)14(2)24-16-7-5-4-6-8-16/h9-12,16,24H,2,4-8H2,1,3H3/b17-11+,21-15?. The van der Waals surface area contributed by atoms with Crippen LogP contribution in [0.25, 0.3) is 11.0 Å². The molecule has 0 atom stereocenters. The van der Waals surface area contributed by atoms with Crippen molar-refractivity contribution in [3.05, 3.63) is 48.3 Å². The number of rotatable bonds is 4. The highest BCUT2D eigenvalue weighted by Crippen LogP contribution is 2.20. The zero-order valence-corrected chi connectivity index (χ0v) is 14.8. The van der Waals surface area contributed by atoms with Crippen molar-refractivity contribution in [2.24, 2.45) is 4.99 Å². The van der Waals surface area contributed by atoms with Gasteiger partial charge in [0.1, 0.15) is 11.4 Å². The molecule has 0 unspecified atom stereocenters. The van der Waals surface area contributed by atoms with Gasteiger partial charge in [-0.15, -0.1) is 0 Å². The average Bonchev–Trinajstić information content (AvgIpc) is 3.03. The van der Waals surface area contributed by atoms with Gasteiger partial charge in [-0.3, -0.25) is 4.98 Å². The van der Waals surface area contributed by atoms with E-state index in [1.807, 2.05) is 13.0 Å². The van der Waals surface area contributed by atoms with Crippen molar-refractivity contribution in [3.63, 3.8) is 0 Å². The van der Waals surface area contributed by atoms with Gasteiger partial charge in [0.05, 0.1) is 23.6 Å². The Kier molecular flexibility index (Phi) is 5.26. The molecule has 1 fully saturated rings. The third-order valence-corrected chi connectivity index (χ3v) is 4.50. The van der Waals surface area contributed by atoms with Crippen LogP contribution in [-0.4, -0.2) is 26.6 Å². The molecule has 2 aromatic heterocycles. The van der Waals surface area contributed by atoms with Crippen LogP contribution in [0.2, 0.25) is 0 Å². The van der Waals surface area contributed by atoms with Crippen LogP contribution in [0.1, 0.15) is 44.6 Å². The number of nitrogens with one attached hydrogen (secondary N) is 1. The second-order valence-electron chi connectivity index (χ2n) is 6.58. The van der Waals surface area contributed by atoms with E-state index < -0.39 is 5.83 Å². The molecule has 0 aromatic carbocycles. The molecule has 1 aliphatic carbocycles. The van der Waals surface area contributed by atoms with Crippen molar-refractivity contribution in [1.29, 1.82) is 0 Å². The third kappa shape index (κ3) is 4.13. The molecular formula is C19H24FN5. The van der Waals surface area contributed by atoms with Gasteiger partial charge < -0.3 is 5.32 Å². The molecule has 6 heteroatoms. The van der Waals surface area contributed by atoms with Gasteiger partial charge in [0.15, 0.2) is 5.83 Å². The molecule has 0 spiro atoms. The van der Waals surface area contributed by atoms with Crippen LogP contribution in [0.15, 0.2) is 47.8 Å². The Morgan fingerprint density at radius 2 is 2.12 bits per heavy atom. The molecule has 132 valence electrons. The van der Waals surface area contributed by atoms with Gasteiger partial charge in [0.2, 0.25) is 0 Å². The monoisotopic (exact) mass is 341 g/mol. The molecule has 1 N–H and O–H groups in total. The predicted octanol–water partition coefficient (Wildman–Crippen LogP) is 4.25. The van der Waals surface area contributed by atoms with Crippen molar-refractivity contribution < 1.29 is 4.39 Å². The fraction of sp³-hybridized carbons (Fsp3) is 0.421. The van der Waals surface area contributed by atoms with E-state index in [1.165, 1.54) is 25.5 Å². The summed E-state index contributed by atoms with van der Waals surface area (Å²) in [5, 5.41) is 7.46. The number of nitrogens with zero attached hydrogens (tertiary/aromatic N) is 4. The van der Waals surface area contributed by atoms with Crippen molar-refractivity contribution in [1.82, 2.24) is 20.1 Å². The first-order valence-electron chi connectivity index (χ1n) is 8.71. The molecule has 2 aromatic rings. The Hall–Kier alpha value is -2.50. The first-order valence-corrected chi connectivity index (χ1v) is 8.71. The van der Waals surface area contributed by atoms with Gasteiger partial charge in [-0.1, -0.05) is 25.8 Å². The van der Waals surface area contributed by atoms with Gasteiger partial charge in [0, 0.05) is 12.2 Å². The van der Waals surface area contributed by atoms with Crippen LogP contribution in [0.3, 0.4) is 0 Å². The lowest BCUT2D eigenvalue weighted by atomic mass is 9.95. The zero-order valence-electron chi connectivity index (χ0n) is 14.8. The van der Waals surface area contributed by atoms with Gasteiger partial charge in [-0.25, -0.2) is 14.1 Å². The van der Waals surface area contributed by atoms with E-state index in [1.54, 1.807) is 24.0 Å². The third-order valence-electron chi connectivity index (χ3n) is 4.50. The van der Waals surface area contributed by atoms with Crippen LogP contribution in [0.4, 0.5) is 4.39 Å².